The molecule has 2 N–H and O–H groups in total. The molecule has 0 spiro atoms. The van der Waals surface area contributed by atoms with Crippen LogP contribution in [0.2, 0.25) is 0 Å². The van der Waals surface area contributed by atoms with Gasteiger partial charge in [-0.15, -0.1) is 0 Å². The highest BCUT2D eigenvalue weighted by molar-refractivity contribution is 5.70. The van der Waals surface area contributed by atoms with Crippen LogP contribution in [0.4, 0.5) is 0 Å². The van der Waals surface area contributed by atoms with E-state index < -0.39 is 5.41 Å². The van der Waals surface area contributed by atoms with Crippen molar-refractivity contribution < 1.29 is 29.3 Å². The Labute approximate surface area is 303 Å². The smallest absolute Gasteiger partial charge is 0.306 e. The van der Waals surface area contributed by atoms with Crippen molar-refractivity contribution >= 4 is 11.9 Å². The minimum absolute atomic E-state index is 0.0235. The summed E-state index contributed by atoms with van der Waals surface area (Å²) in [5.41, 5.74) is -1.44. The van der Waals surface area contributed by atoms with Gasteiger partial charge in [-0.25, -0.2) is 0 Å². The molecular formula is C43H82O6. The summed E-state index contributed by atoms with van der Waals surface area (Å²) in [6.07, 6.45) is 23.2. The monoisotopic (exact) mass is 695 g/mol. The Morgan fingerprint density at radius 3 is 1.29 bits per heavy atom. The lowest BCUT2D eigenvalue weighted by atomic mass is 9.44. The molecule has 0 heterocycles. The first kappa shape index (κ1) is 45.9. The summed E-state index contributed by atoms with van der Waals surface area (Å²) in [7, 11) is 0. The predicted molar refractivity (Wildman–Crippen MR) is 204 cm³/mol. The van der Waals surface area contributed by atoms with E-state index in [0.717, 1.165) is 70.6 Å². The second-order valence-electron chi connectivity index (χ2n) is 17.3. The minimum Gasteiger partial charge on any atom is -0.465 e. The maximum absolute atomic E-state index is 13.4. The van der Waals surface area contributed by atoms with Gasteiger partial charge in [0.15, 0.2) is 0 Å². The Morgan fingerprint density at radius 2 is 0.898 bits per heavy atom. The van der Waals surface area contributed by atoms with Crippen molar-refractivity contribution in [2.75, 3.05) is 26.4 Å². The summed E-state index contributed by atoms with van der Waals surface area (Å²) in [5.74, 6) is 0.536. The second kappa shape index (κ2) is 24.2. The van der Waals surface area contributed by atoms with Crippen LogP contribution in [0, 0.1) is 33.5 Å². The third-order valence-corrected chi connectivity index (χ3v) is 11.6. The van der Waals surface area contributed by atoms with Crippen LogP contribution in [0.3, 0.4) is 0 Å². The van der Waals surface area contributed by atoms with E-state index in [1.54, 1.807) is 0 Å². The number of hydrogen-bond donors (Lipinski definition) is 2. The largest absolute Gasteiger partial charge is 0.465 e. The van der Waals surface area contributed by atoms with Gasteiger partial charge in [0.05, 0.1) is 13.2 Å². The zero-order chi connectivity index (χ0) is 36.8. The van der Waals surface area contributed by atoms with Crippen LogP contribution in [0.25, 0.3) is 0 Å². The van der Waals surface area contributed by atoms with E-state index in [1.807, 2.05) is 13.8 Å². The molecule has 4 unspecified atom stereocenters. The van der Waals surface area contributed by atoms with Crippen molar-refractivity contribution in [3.8, 4) is 0 Å². The predicted octanol–water partition coefficient (Wildman–Crippen LogP) is 11.4. The molecule has 2 fully saturated rings. The first-order valence-corrected chi connectivity index (χ1v) is 21.0. The van der Waals surface area contributed by atoms with Gasteiger partial charge in [-0.2, -0.15) is 0 Å². The van der Waals surface area contributed by atoms with Gasteiger partial charge in [0.1, 0.15) is 0 Å². The molecular weight excluding hydrogens is 612 g/mol. The lowest BCUT2D eigenvalue weighted by Crippen LogP contribution is -2.57. The molecule has 0 aliphatic heterocycles. The van der Waals surface area contributed by atoms with Gasteiger partial charge in [0.25, 0.3) is 0 Å². The highest BCUT2D eigenvalue weighted by Crippen LogP contribution is 2.65. The normalized spacial score (nSPS) is 26.4. The first-order valence-electron chi connectivity index (χ1n) is 21.0. The Morgan fingerprint density at radius 1 is 0.531 bits per heavy atom. The van der Waals surface area contributed by atoms with Gasteiger partial charge < -0.3 is 19.7 Å². The third-order valence-electron chi connectivity index (χ3n) is 11.6. The van der Waals surface area contributed by atoms with E-state index >= 15 is 0 Å². The summed E-state index contributed by atoms with van der Waals surface area (Å²) in [4.78, 5) is 26.6. The SMILES string of the molecule is CC.CCCCCC(CCCCC)CC(=O)OCC1(C)CC2(CO)CC(C)(CO)CC(COC(=O)CC(CCCCC)CCCCC)(C1)C2. The molecule has 2 aliphatic carbocycles. The molecule has 2 aliphatic rings. The molecule has 290 valence electrons. The van der Waals surface area contributed by atoms with Gasteiger partial charge in [-0.05, 0) is 80.5 Å². The number of unbranched alkanes of at least 4 members (excludes halogenated alkanes) is 8. The Kier molecular flexibility index (Phi) is 22.6. The molecule has 49 heavy (non-hydrogen) atoms. The number of ether oxygens (including phenoxy) is 2. The summed E-state index contributed by atoms with van der Waals surface area (Å²) in [6.45, 7) is 17.9. The van der Waals surface area contributed by atoms with E-state index in [1.165, 1.54) is 64.2 Å². The molecule has 6 nitrogen and oxygen atoms in total. The van der Waals surface area contributed by atoms with Crippen LogP contribution in [0.5, 0.6) is 0 Å². The minimum atomic E-state index is -0.396. The maximum atomic E-state index is 13.4. The van der Waals surface area contributed by atoms with Gasteiger partial charge in [0.2, 0.25) is 0 Å². The van der Waals surface area contributed by atoms with E-state index in [-0.39, 0.29) is 41.4 Å². The molecule has 0 saturated heterocycles. The number of carbonyl (C=O) groups excluding carboxylic acids is 2. The standard InChI is InChI=1S/C41H76O6.C2H6/c1-7-11-15-19-34(20-16-12-8-2)23-36(44)46-32-39(6)27-40(31-43)25-38(5,30-42)26-41(28-39,29-40)33-47-37(45)24-35(21-17-13-9-3)22-18-14-10-4;1-2/h34-35,42-43H,7-33H2,1-6H3;1-2H3. The summed E-state index contributed by atoms with van der Waals surface area (Å²) in [6, 6.07) is 0. The topological polar surface area (TPSA) is 93.1 Å². The zero-order valence-corrected chi connectivity index (χ0v) is 33.8. The van der Waals surface area contributed by atoms with Crippen molar-refractivity contribution in [3.05, 3.63) is 0 Å². The molecule has 2 rings (SSSR count). The molecule has 6 heteroatoms. The van der Waals surface area contributed by atoms with E-state index in [4.69, 9.17) is 9.47 Å². The van der Waals surface area contributed by atoms with Gasteiger partial charge in [-0.1, -0.05) is 132 Å². The Hall–Kier alpha value is -1.14. The highest BCUT2D eigenvalue weighted by Gasteiger charge is 2.60. The van der Waals surface area contributed by atoms with Gasteiger partial charge in [0, 0.05) is 36.9 Å². The molecule has 0 aromatic carbocycles. The van der Waals surface area contributed by atoms with Crippen molar-refractivity contribution in [1.82, 2.24) is 0 Å². The van der Waals surface area contributed by atoms with E-state index in [9.17, 15) is 19.8 Å². The van der Waals surface area contributed by atoms with Crippen molar-refractivity contribution in [3.63, 3.8) is 0 Å². The number of aliphatic hydroxyl groups excluding tert-OH is 2. The fourth-order valence-electron chi connectivity index (χ4n) is 9.96. The lowest BCUT2D eigenvalue weighted by Gasteiger charge is -2.62. The molecule has 4 atom stereocenters. The number of carbonyl (C=O) groups is 2. The number of aliphatic hydroxyl groups is 2. The van der Waals surface area contributed by atoms with Crippen LogP contribution in [-0.4, -0.2) is 48.6 Å². The Balaban J connectivity index is 0.00000589. The lowest BCUT2D eigenvalue weighted by molar-refractivity contribution is -0.187. The summed E-state index contributed by atoms with van der Waals surface area (Å²) in [5, 5.41) is 21.4. The average Bonchev–Trinajstić information content (AvgIpc) is 3.07. The molecule has 0 amide bonds. The fourth-order valence-corrected chi connectivity index (χ4v) is 9.96. The number of hydrogen-bond acceptors (Lipinski definition) is 6. The maximum Gasteiger partial charge on any atom is 0.306 e. The van der Waals surface area contributed by atoms with Crippen LogP contribution in [-0.2, 0) is 19.1 Å². The van der Waals surface area contributed by atoms with Crippen molar-refractivity contribution in [1.29, 1.82) is 0 Å². The van der Waals surface area contributed by atoms with E-state index in [2.05, 4.69) is 41.5 Å². The van der Waals surface area contributed by atoms with Gasteiger partial charge >= 0.3 is 11.9 Å². The first-order chi connectivity index (χ1) is 23.4. The molecule has 2 bridgehead atoms. The van der Waals surface area contributed by atoms with Crippen molar-refractivity contribution in [2.45, 2.75) is 203 Å². The number of rotatable bonds is 26. The molecule has 0 aromatic rings. The molecule has 2 saturated carbocycles. The fraction of sp³-hybridized carbons (Fsp3) is 0.953. The second-order valence-corrected chi connectivity index (χ2v) is 17.3. The summed E-state index contributed by atoms with van der Waals surface area (Å²) >= 11 is 0. The highest BCUT2D eigenvalue weighted by atomic mass is 16.5. The van der Waals surface area contributed by atoms with Gasteiger partial charge in [-0.3, -0.25) is 9.59 Å². The van der Waals surface area contributed by atoms with Crippen LogP contribution >= 0.6 is 0 Å². The van der Waals surface area contributed by atoms with Crippen molar-refractivity contribution in [2.24, 2.45) is 33.5 Å². The summed E-state index contributed by atoms with van der Waals surface area (Å²) < 4.78 is 12.3. The van der Waals surface area contributed by atoms with Crippen LogP contribution in [0.1, 0.15) is 203 Å². The molecule has 0 aromatic heterocycles. The Bertz CT molecular complexity index is 864. The number of fused-ring (bicyclic) bond motifs is 2. The van der Waals surface area contributed by atoms with Crippen LogP contribution in [0.15, 0.2) is 0 Å². The van der Waals surface area contributed by atoms with E-state index in [0.29, 0.717) is 37.9 Å². The van der Waals surface area contributed by atoms with Crippen LogP contribution < -0.4 is 0 Å². The average molecular weight is 695 g/mol. The zero-order valence-electron chi connectivity index (χ0n) is 33.8. The third kappa shape index (κ3) is 16.8. The molecule has 0 radical (unpaired) electrons. The quantitative estimate of drug-likeness (QED) is 0.0691. The number of esters is 2.